The van der Waals surface area contributed by atoms with E-state index in [1.165, 1.54) is 4.90 Å². The largest absolute Gasteiger partial charge is 0.493 e. The van der Waals surface area contributed by atoms with Crippen LogP contribution < -0.4 is 14.2 Å². The number of carboxylic acids is 1. The lowest BCUT2D eigenvalue weighted by atomic mass is 9.73. The van der Waals surface area contributed by atoms with E-state index in [2.05, 4.69) is 0 Å². The quantitative estimate of drug-likeness (QED) is 0.244. The van der Waals surface area contributed by atoms with Crippen molar-refractivity contribution in [2.45, 2.75) is 82.5 Å². The van der Waals surface area contributed by atoms with E-state index in [-0.39, 0.29) is 18.9 Å². The lowest BCUT2D eigenvalue weighted by Gasteiger charge is -2.39. The first-order chi connectivity index (χ1) is 21.6. The van der Waals surface area contributed by atoms with Gasteiger partial charge in [-0.25, -0.2) is 9.59 Å². The van der Waals surface area contributed by atoms with Crippen molar-refractivity contribution in [3.05, 3.63) is 53.6 Å². The van der Waals surface area contributed by atoms with Crippen molar-refractivity contribution < 1.29 is 48.3 Å². The third-order valence-corrected chi connectivity index (χ3v) is 8.88. The maximum Gasteiger partial charge on any atom is 0.341 e. The van der Waals surface area contributed by atoms with Crippen LogP contribution in [0.25, 0.3) is 0 Å². The highest BCUT2D eigenvalue weighted by molar-refractivity contribution is 6.39. The van der Waals surface area contributed by atoms with E-state index in [9.17, 15) is 24.3 Å². The summed E-state index contributed by atoms with van der Waals surface area (Å²) in [5, 5.41) is 20.2. The third kappa shape index (κ3) is 8.13. The Labute approximate surface area is 263 Å². The molecular formula is C34H43NO10. The minimum Gasteiger partial charge on any atom is -0.493 e. The highest BCUT2D eigenvalue weighted by atomic mass is 16.5. The number of piperidine rings is 1. The molecule has 0 radical (unpaired) electrons. The molecule has 2 aliphatic rings. The zero-order valence-electron chi connectivity index (χ0n) is 26.2. The molecular weight excluding hydrogens is 582 g/mol. The van der Waals surface area contributed by atoms with Gasteiger partial charge in [-0.1, -0.05) is 38.0 Å². The summed E-state index contributed by atoms with van der Waals surface area (Å²) in [5.41, 5.74) is -0.247. The normalized spacial score (nSPS) is 22.2. The maximum atomic E-state index is 13.8. The second-order valence-electron chi connectivity index (χ2n) is 11.8. The molecule has 2 N–H and O–H groups in total. The molecule has 2 aromatic carbocycles. The number of carbonyl (C=O) groups is 4. The molecule has 244 valence electrons. The number of likely N-dealkylation sites (tertiary alicyclic amines) is 1. The van der Waals surface area contributed by atoms with Crippen LogP contribution >= 0.6 is 0 Å². The molecule has 1 aliphatic carbocycles. The summed E-state index contributed by atoms with van der Waals surface area (Å²) in [4.78, 5) is 53.0. The molecule has 11 heteroatoms. The third-order valence-electron chi connectivity index (χ3n) is 8.88. The molecule has 0 aromatic heterocycles. The lowest BCUT2D eigenvalue weighted by molar-refractivity contribution is -0.169. The number of carboxylic acid groups (broad SMARTS) is 1. The second kappa shape index (κ2) is 15.2. The number of Topliss-reactive ketones (excluding diaryl/α,β-unsaturated/α-hetero) is 1. The van der Waals surface area contributed by atoms with E-state index in [0.29, 0.717) is 67.8 Å². The lowest BCUT2D eigenvalue weighted by Crippen LogP contribution is -2.58. The van der Waals surface area contributed by atoms with Crippen LogP contribution in [0.2, 0.25) is 0 Å². The number of aliphatic carboxylic acids is 1. The molecule has 0 bridgehead atoms. The van der Waals surface area contributed by atoms with Gasteiger partial charge in [-0.3, -0.25) is 9.59 Å². The average molecular weight is 626 g/mol. The van der Waals surface area contributed by atoms with Crippen LogP contribution in [-0.4, -0.2) is 77.8 Å². The first-order valence-electron chi connectivity index (χ1n) is 15.5. The summed E-state index contributed by atoms with van der Waals surface area (Å²) in [6.07, 6.45) is 4.09. The molecule has 1 saturated heterocycles. The summed E-state index contributed by atoms with van der Waals surface area (Å²) in [6, 6.07) is 11.2. The Bertz CT molecular complexity index is 1380. The van der Waals surface area contributed by atoms with Crippen molar-refractivity contribution in [2.75, 3.05) is 27.4 Å². The first-order valence-corrected chi connectivity index (χ1v) is 15.5. The number of hydrogen-bond acceptors (Lipinski definition) is 9. The summed E-state index contributed by atoms with van der Waals surface area (Å²) >= 11 is 0. The first kappa shape index (κ1) is 33.8. The molecule has 4 rings (SSSR count). The molecule has 1 heterocycles. The molecule has 2 fully saturated rings. The molecule has 2 aromatic rings. The molecule has 45 heavy (non-hydrogen) atoms. The van der Waals surface area contributed by atoms with Crippen molar-refractivity contribution >= 4 is 23.6 Å². The van der Waals surface area contributed by atoms with Gasteiger partial charge in [0.2, 0.25) is 0 Å². The summed E-state index contributed by atoms with van der Waals surface area (Å²) in [5.74, 6) is -2.39. The molecule has 1 aliphatic heterocycles. The molecule has 1 unspecified atom stereocenters. The Morgan fingerprint density at radius 3 is 2.44 bits per heavy atom. The van der Waals surface area contributed by atoms with Gasteiger partial charge in [-0.2, -0.15) is 0 Å². The number of ether oxygens (including phenoxy) is 4. The van der Waals surface area contributed by atoms with E-state index in [1.807, 2.05) is 12.1 Å². The highest BCUT2D eigenvalue weighted by Gasteiger charge is 2.49. The fraction of sp³-hybridized carbons (Fsp3) is 0.529. The van der Waals surface area contributed by atoms with Crippen LogP contribution in [0.3, 0.4) is 0 Å². The van der Waals surface area contributed by atoms with Gasteiger partial charge in [0, 0.05) is 6.54 Å². The van der Waals surface area contributed by atoms with E-state index in [1.54, 1.807) is 51.5 Å². The van der Waals surface area contributed by atoms with Crippen molar-refractivity contribution in [2.24, 2.45) is 5.92 Å². The van der Waals surface area contributed by atoms with Crippen molar-refractivity contribution in [1.29, 1.82) is 0 Å². The van der Waals surface area contributed by atoms with Crippen LogP contribution in [-0.2, 0) is 30.3 Å². The zero-order valence-corrected chi connectivity index (χ0v) is 26.2. The number of amides is 1. The topological polar surface area (TPSA) is 149 Å². The fourth-order valence-electron chi connectivity index (χ4n) is 6.20. The number of methoxy groups -OCH3 is 2. The fourth-order valence-corrected chi connectivity index (χ4v) is 6.20. The van der Waals surface area contributed by atoms with Crippen molar-refractivity contribution in [3.63, 3.8) is 0 Å². The van der Waals surface area contributed by atoms with Gasteiger partial charge < -0.3 is 34.1 Å². The standard InChI is InChI=1S/C34H43NO10/c1-22-9-4-6-17-34(22,41)31(38)32(39)35-18-7-5-12-26(35)33(40)45-27(24-10-8-11-25(20-24)44-21-30(36)37)15-13-23-14-16-28(42-2)29(19-23)43-3/h8,10-11,14,16,19-20,22,26-27,41H,4-7,9,12-13,15,17-18,21H2,1-3H3,(H,36,37)/t22-,26?,27-,34+/m1/s1. The number of nitrogens with zero attached hydrogens (tertiary/aromatic N) is 1. The average Bonchev–Trinajstić information content (AvgIpc) is 3.06. The van der Waals surface area contributed by atoms with Crippen molar-refractivity contribution in [1.82, 2.24) is 4.90 Å². The Hall–Kier alpha value is -4.12. The van der Waals surface area contributed by atoms with Crippen LogP contribution in [0.15, 0.2) is 42.5 Å². The molecule has 1 saturated carbocycles. The minimum absolute atomic E-state index is 0.212. The van der Waals surface area contributed by atoms with Crippen LogP contribution in [0.1, 0.15) is 75.5 Å². The number of aliphatic hydroxyl groups is 1. The predicted molar refractivity (Wildman–Crippen MR) is 163 cm³/mol. The molecule has 11 nitrogen and oxygen atoms in total. The second-order valence-corrected chi connectivity index (χ2v) is 11.8. The van der Waals surface area contributed by atoms with E-state index in [4.69, 9.17) is 24.1 Å². The number of benzene rings is 2. The number of aryl methyl sites for hydroxylation is 1. The van der Waals surface area contributed by atoms with E-state index >= 15 is 0 Å². The van der Waals surface area contributed by atoms with Gasteiger partial charge in [0.1, 0.15) is 23.5 Å². The van der Waals surface area contributed by atoms with Crippen LogP contribution in [0.4, 0.5) is 0 Å². The molecule has 1 amide bonds. The maximum absolute atomic E-state index is 13.8. The monoisotopic (exact) mass is 625 g/mol. The number of esters is 1. The Kier molecular flexibility index (Phi) is 11.4. The summed E-state index contributed by atoms with van der Waals surface area (Å²) in [7, 11) is 3.10. The van der Waals surface area contributed by atoms with Gasteiger partial charge >= 0.3 is 11.9 Å². The van der Waals surface area contributed by atoms with Gasteiger partial charge in [-0.05, 0) is 86.3 Å². The highest BCUT2D eigenvalue weighted by Crippen LogP contribution is 2.36. The van der Waals surface area contributed by atoms with Gasteiger partial charge in [-0.15, -0.1) is 0 Å². The smallest absolute Gasteiger partial charge is 0.341 e. The Morgan fingerprint density at radius 2 is 1.73 bits per heavy atom. The number of hydrogen-bond donors (Lipinski definition) is 2. The van der Waals surface area contributed by atoms with Crippen LogP contribution in [0, 0.1) is 5.92 Å². The SMILES string of the molecule is COc1ccc(CC[C@@H](OC(=O)C2CCCCN2C(=O)C(=O)[C@]2(O)CCCC[C@H]2C)c2cccc(OCC(=O)O)c2)cc1OC. The van der Waals surface area contributed by atoms with E-state index < -0.39 is 48.0 Å². The Morgan fingerprint density at radius 1 is 0.978 bits per heavy atom. The number of carbonyl (C=O) groups excluding carboxylic acids is 3. The summed E-state index contributed by atoms with van der Waals surface area (Å²) in [6.45, 7) is 1.46. The van der Waals surface area contributed by atoms with Gasteiger partial charge in [0.15, 0.2) is 18.1 Å². The molecule has 4 atom stereocenters. The summed E-state index contributed by atoms with van der Waals surface area (Å²) < 4.78 is 22.2. The van der Waals surface area contributed by atoms with Crippen LogP contribution in [0.5, 0.6) is 17.2 Å². The van der Waals surface area contributed by atoms with Crippen molar-refractivity contribution in [3.8, 4) is 17.2 Å². The molecule has 0 spiro atoms. The van der Waals surface area contributed by atoms with Gasteiger partial charge in [0.25, 0.3) is 11.7 Å². The zero-order chi connectivity index (χ0) is 32.6. The number of rotatable bonds is 13. The Balaban J connectivity index is 1.56. The van der Waals surface area contributed by atoms with E-state index in [0.717, 1.165) is 12.0 Å². The predicted octanol–water partition coefficient (Wildman–Crippen LogP) is 4.28. The van der Waals surface area contributed by atoms with Gasteiger partial charge in [0.05, 0.1) is 14.2 Å². The number of ketones is 1. The minimum atomic E-state index is -1.74.